The molecule has 7 aromatic rings. The highest BCUT2D eigenvalue weighted by Gasteiger charge is 2.23. The van der Waals surface area contributed by atoms with E-state index in [0.29, 0.717) is 39.6 Å². The number of aromatic nitrogens is 1. The Balaban J connectivity index is 1.04. The fraction of sp³-hybridized carbons (Fsp3) is 0.158. The lowest BCUT2D eigenvalue weighted by Gasteiger charge is -2.16. The maximum Gasteiger partial charge on any atom is 0.179 e. The molecule has 9 rings (SSSR count). The predicted molar refractivity (Wildman–Crippen MR) is 191 cm³/mol. The number of nitrogens with zero attached hydrogens (tertiary/aromatic N) is 3. The number of ether oxygens (including phenoxy) is 5. The molecule has 2 aliphatic heterocycles. The van der Waals surface area contributed by atoms with Crippen molar-refractivity contribution >= 4 is 55.9 Å². The van der Waals surface area contributed by atoms with Gasteiger partial charge in [-0.15, -0.1) is 22.7 Å². The Morgan fingerprint density at radius 2 is 1.15 bits per heavy atom. The first-order valence-corrected chi connectivity index (χ1v) is 17.5. The second kappa shape index (κ2) is 12.4. The Morgan fingerprint density at radius 1 is 0.604 bits per heavy atom. The van der Waals surface area contributed by atoms with Crippen molar-refractivity contribution in [1.29, 1.82) is 0 Å². The average Bonchev–Trinajstić information content (AvgIpc) is 3.86. The largest absolute Gasteiger partial charge is 0.492 e. The third-order valence-electron chi connectivity index (χ3n) is 8.45. The van der Waals surface area contributed by atoms with Crippen LogP contribution < -0.4 is 23.7 Å². The van der Waals surface area contributed by atoms with Crippen LogP contribution in [-0.4, -0.2) is 37.6 Å². The number of hydrogen-bond acceptors (Lipinski definition) is 9. The highest BCUT2D eigenvalue weighted by Crippen LogP contribution is 2.48. The SMILES string of the molecule is c1ccc(N=Nc2ccc(OCCn3c4ccc(-c5scc6c5OCCO6)cc4c4cc(-c5scc6c5OCCO6)ccc43)cc2)cc1. The number of rotatable bonds is 8. The van der Waals surface area contributed by atoms with Crippen molar-refractivity contribution < 1.29 is 23.7 Å². The molecule has 8 nitrogen and oxygen atoms in total. The van der Waals surface area contributed by atoms with Crippen LogP contribution in [0.15, 0.2) is 112 Å². The molecule has 0 saturated carbocycles. The first-order chi connectivity index (χ1) is 23.8. The molecule has 0 bridgehead atoms. The van der Waals surface area contributed by atoms with Crippen LogP contribution in [0.4, 0.5) is 11.4 Å². The van der Waals surface area contributed by atoms with Gasteiger partial charge in [0.2, 0.25) is 0 Å². The number of hydrogen-bond donors (Lipinski definition) is 0. The Hall–Kier alpha value is -5.32. The van der Waals surface area contributed by atoms with Gasteiger partial charge in [0, 0.05) is 32.6 Å². The second-order valence-electron chi connectivity index (χ2n) is 11.4. The Labute approximate surface area is 284 Å². The smallest absolute Gasteiger partial charge is 0.179 e. The molecule has 0 aliphatic carbocycles. The van der Waals surface area contributed by atoms with Gasteiger partial charge in [0.05, 0.1) is 27.7 Å². The molecule has 10 heteroatoms. The molecule has 238 valence electrons. The fourth-order valence-corrected chi connectivity index (χ4v) is 8.08. The van der Waals surface area contributed by atoms with E-state index in [-0.39, 0.29) is 0 Å². The molecule has 2 aliphatic rings. The quantitative estimate of drug-likeness (QED) is 0.150. The molecule has 0 amide bonds. The molecule has 0 spiro atoms. The zero-order valence-electron chi connectivity index (χ0n) is 25.8. The van der Waals surface area contributed by atoms with E-state index in [1.807, 2.05) is 65.4 Å². The summed E-state index contributed by atoms with van der Waals surface area (Å²) in [5.74, 6) is 4.09. The minimum atomic E-state index is 0.500. The van der Waals surface area contributed by atoms with E-state index in [1.165, 1.54) is 10.8 Å². The van der Waals surface area contributed by atoms with E-state index in [4.69, 9.17) is 23.7 Å². The van der Waals surface area contributed by atoms with Crippen molar-refractivity contribution in [2.45, 2.75) is 6.54 Å². The number of benzene rings is 4. The summed E-state index contributed by atoms with van der Waals surface area (Å²) in [5.41, 5.74) is 6.08. The Bertz CT molecular complexity index is 2180. The van der Waals surface area contributed by atoms with Crippen molar-refractivity contribution in [2.75, 3.05) is 33.0 Å². The molecule has 0 atom stereocenters. The van der Waals surface area contributed by atoms with E-state index in [2.05, 4.69) is 51.2 Å². The molecule has 0 fully saturated rings. The maximum absolute atomic E-state index is 6.23. The van der Waals surface area contributed by atoms with E-state index < -0.39 is 0 Å². The van der Waals surface area contributed by atoms with Crippen LogP contribution in [0.25, 0.3) is 42.7 Å². The molecule has 5 heterocycles. The van der Waals surface area contributed by atoms with Crippen LogP contribution in [0, 0.1) is 0 Å². The molecule has 0 radical (unpaired) electrons. The number of fused-ring (bicyclic) bond motifs is 5. The summed E-state index contributed by atoms with van der Waals surface area (Å²) in [4.78, 5) is 2.16. The molecule has 0 saturated heterocycles. The molecule has 4 aromatic carbocycles. The average molecular weight is 672 g/mol. The lowest BCUT2D eigenvalue weighted by Crippen LogP contribution is -2.14. The highest BCUT2D eigenvalue weighted by molar-refractivity contribution is 7.14. The van der Waals surface area contributed by atoms with E-state index >= 15 is 0 Å². The van der Waals surface area contributed by atoms with Gasteiger partial charge in [-0.3, -0.25) is 0 Å². The zero-order chi connectivity index (χ0) is 31.9. The molecule has 0 N–H and O–H groups in total. The van der Waals surface area contributed by atoms with Gasteiger partial charge in [-0.25, -0.2) is 0 Å². The summed E-state index contributed by atoms with van der Waals surface area (Å²) in [6.07, 6.45) is 0. The predicted octanol–water partition coefficient (Wildman–Crippen LogP) is 10.3. The van der Waals surface area contributed by atoms with Gasteiger partial charge < -0.3 is 28.3 Å². The number of thiophene rings is 2. The van der Waals surface area contributed by atoms with Gasteiger partial charge in [-0.2, -0.15) is 10.2 Å². The van der Waals surface area contributed by atoms with Crippen LogP contribution >= 0.6 is 22.7 Å². The molecule has 3 aromatic heterocycles. The highest BCUT2D eigenvalue weighted by atomic mass is 32.1. The zero-order valence-corrected chi connectivity index (χ0v) is 27.4. The maximum atomic E-state index is 6.23. The van der Waals surface area contributed by atoms with Gasteiger partial charge in [-0.05, 0) is 71.8 Å². The first kappa shape index (κ1) is 28.9. The molecule has 0 unspecified atom stereocenters. The normalized spacial score (nSPS) is 13.8. The summed E-state index contributed by atoms with van der Waals surface area (Å²) < 4.78 is 32.3. The fourth-order valence-electron chi connectivity index (χ4n) is 6.23. The summed E-state index contributed by atoms with van der Waals surface area (Å²) in [6, 6.07) is 30.7. The molecular weight excluding hydrogens is 643 g/mol. The summed E-state index contributed by atoms with van der Waals surface area (Å²) in [5, 5.41) is 15.0. The monoisotopic (exact) mass is 671 g/mol. The molecular formula is C38H29N3O5S2. The van der Waals surface area contributed by atoms with Crippen molar-refractivity contribution in [2.24, 2.45) is 10.2 Å². The van der Waals surface area contributed by atoms with E-state index in [1.54, 1.807) is 22.7 Å². The van der Waals surface area contributed by atoms with Gasteiger partial charge >= 0.3 is 0 Å². The first-order valence-electron chi connectivity index (χ1n) is 15.8. The van der Waals surface area contributed by atoms with Gasteiger partial charge in [-0.1, -0.05) is 30.3 Å². The molecule has 48 heavy (non-hydrogen) atoms. The lowest BCUT2D eigenvalue weighted by atomic mass is 10.1. The topological polar surface area (TPSA) is 75.8 Å². The van der Waals surface area contributed by atoms with Gasteiger partial charge in [0.15, 0.2) is 23.0 Å². The Kier molecular flexibility index (Phi) is 7.44. The van der Waals surface area contributed by atoms with Crippen LogP contribution in [0.3, 0.4) is 0 Å². The summed E-state index contributed by atoms with van der Waals surface area (Å²) in [6.45, 7) is 3.43. The number of azo groups is 1. The third-order valence-corrected chi connectivity index (χ3v) is 10.4. The standard InChI is InChI=1S/C38H29N3O5S2/c1-2-4-26(5-3-1)39-40-27-8-10-28(11-9-27)42-15-14-41-31-12-6-24(37-35-33(22-47-37)43-16-18-45-35)20-29(31)30-21-25(7-13-32(30)41)38-36-34(23-48-38)44-17-19-46-36/h1-13,20-23H,14-19H2. The van der Waals surface area contributed by atoms with Gasteiger partial charge in [0.25, 0.3) is 0 Å². The summed E-state index contributed by atoms with van der Waals surface area (Å²) >= 11 is 3.30. The minimum Gasteiger partial charge on any atom is -0.492 e. The van der Waals surface area contributed by atoms with Crippen LogP contribution in [0.1, 0.15) is 0 Å². The summed E-state index contributed by atoms with van der Waals surface area (Å²) in [7, 11) is 0. The van der Waals surface area contributed by atoms with Crippen LogP contribution in [0.2, 0.25) is 0 Å². The van der Waals surface area contributed by atoms with Crippen LogP contribution in [-0.2, 0) is 6.54 Å². The van der Waals surface area contributed by atoms with Crippen molar-refractivity contribution in [1.82, 2.24) is 4.57 Å². The van der Waals surface area contributed by atoms with Crippen molar-refractivity contribution in [3.05, 3.63) is 102 Å². The third kappa shape index (κ3) is 5.32. The van der Waals surface area contributed by atoms with Crippen molar-refractivity contribution in [3.63, 3.8) is 0 Å². The van der Waals surface area contributed by atoms with E-state index in [0.717, 1.165) is 72.0 Å². The second-order valence-corrected chi connectivity index (χ2v) is 13.2. The minimum absolute atomic E-state index is 0.500. The van der Waals surface area contributed by atoms with Crippen LogP contribution in [0.5, 0.6) is 28.7 Å². The van der Waals surface area contributed by atoms with Crippen molar-refractivity contribution in [3.8, 4) is 49.6 Å². The van der Waals surface area contributed by atoms with Gasteiger partial charge in [0.1, 0.15) is 38.8 Å². The lowest BCUT2D eigenvalue weighted by molar-refractivity contribution is 0.174. The van der Waals surface area contributed by atoms with E-state index in [9.17, 15) is 0 Å². The Morgan fingerprint density at radius 3 is 1.73 bits per heavy atom.